The Morgan fingerprint density at radius 1 is 1.00 bits per heavy atom. The summed E-state index contributed by atoms with van der Waals surface area (Å²) in [5.41, 5.74) is 0.924. The Hall–Kier alpha value is -2.28. The molecule has 0 radical (unpaired) electrons. The summed E-state index contributed by atoms with van der Waals surface area (Å²) < 4.78 is 5.00. The molecule has 0 spiro atoms. The van der Waals surface area contributed by atoms with Gasteiger partial charge in [-0.1, -0.05) is 53.0 Å². The third-order valence-corrected chi connectivity index (χ3v) is 4.49. The summed E-state index contributed by atoms with van der Waals surface area (Å²) in [6, 6.07) is 10.9. The quantitative estimate of drug-likeness (QED) is 0.621. The Morgan fingerprint density at radius 2 is 1.61 bits per heavy atom. The largest absolute Gasteiger partial charge is 0.455 e. The van der Waals surface area contributed by atoms with Crippen molar-refractivity contribution in [3.8, 4) is 0 Å². The first-order chi connectivity index (χ1) is 13.3. The van der Waals surface area contributed by atoms with Gasteiger partial charge in [-0.2, -0.15) is 0 Å². The number of halogens is 3. The number of nitrogens with one attached hydrogen (secondary N) is 2. The highest BCUT2D eigenvalue weighted by atomic mass is 35.5. The van der Waals surface area contributed by atoms with Crippen LogP contribution in [0.25, 0.3) is 0 Å². The highest BCUT2D eigenvalue weighted by Crippen LogP contribution is 2.29. The van der Waals surface area contributed by atoms with E-state index in [2.05, 4.69) is 10.6 Å². The molecule has 0 aliphatic carbocycles. The van der Waals surface area contributed by atoms with E-state index in [1.165, 1.54) is 6.92 Å². The van der Waals surface area contributed by atoms with Crippen LogP contribution >= 0.6 is 34.8 Å². The van der Waals surface area contributed by atoms with Crippen molar-refractivity contribution in [2.24, 2.45) is 0 Å². The van der Waals surface area contributed by atoms with Crippen molar-refractivity contribution in [1.82, 2.24) is 5.32 Å². The first-order valence-electron chi connectivity index (χ1n) is 8.18. The third-order valence-electron chi connectivity index (χ3n) is 3.61. The molecule has 0 saturated carbocycles. The minimum atomic E-state index is -0.658. The minimum absolute atomic E-state index is 0.151. The van der Waals surface area contributed by atoms with E-state index in [4.69, 9.17) is 39.5 Å². The molecular weight excluding hydrogens is 427 g/mol. The summed E-state index contributed by atoms with van der Waals surface area (Å²) in [7, 11) is 0. The molecule has 0 aromatic heterocycles. The lowest BCUT2D eigenvalue weighted by Gasteiger charge is -2.18. The van der Waals surface area contributed by atoms with E-state index in [9.17, 15) is 14.4 Å². The van der Waals surface area contributed by atoms with Gasteiger partial charge in [0.2, 0.25) is 5.91 Å². The van der Waals surface area contributed by atoms with Gasteiger partial charge in [0.25, 0.3) is 5.91 Å². The highest BCUT2D eigenvalue weighted by molar-refractivity contribution is 6.39. The maximum atomic E-state index is 12.1. The summed E-state index contributed by atoms with van der Waals surface area (Å²) in [6.07, 6.45) is -0.151. The molecule has 2 aromatic carbocycles. The molecular formula is C19H17Cl3N2O4. The summed E-state index contributed by atoms with van der Waals surface area (Å²) in [6.45, 7) is 0.822. The summed E-state index contributed by atoms with van der Waals surface area (Å²) in [5.74, 6) is -1.56. The zero-order valence-electron chi connectivity index (χ0n) is 14.8. The second kappa shape index (κ2) is 10.3. The lowest BCUT2D eigenvalue weighted by molar-refractivity contribution is -0.148. The van der Waals surface area contributed by atoms with Crippen LogP contribution in [0, 0.1) is 0 Å². The maximum absolute atomic E-state index is 12.1. The molecule has 9 heteroatoms. The molecule has 2 rings (SSSR count). The van der Waals surface area contributed by atoms with Crippen LogP contribution in [0.2, 0.25) is 15.1 Å². The topological polar surface area (TPSA) is 84.5 Å². The van der Waals surface area contributed by atoms with Gasteiger partial charge in [0, 0.05) is 11.9 Å². The van der Waals surface area contributed by atoms with Crippen LogP contribution in [0.1, 0.15) is 24.9 Å². The molecule has 0 fully saturated rings. The normalized spacial score (nSPS) is 11.4. The van der Waals surface area contributed by atoms with E-state index < -0.39 is 24.5 Å². The van der Waals surface area contributed by atoms with Gasteiger partial charge in [-0.15, -0.1) is 0 Å². The van der Waals surface area contributed by atoms with Gasteiger partial charge in [0.1, 0.15) is 0 Å². The lowest BCUT2D eigenvalue weighted by atomic mass is 10.0. The Labute approximate surface area is 177 Å². The van der Waals surface area contributed by atoms with E-state index in [-0.39, 0.29) is 28.1 Å². The number of anilines is 1. The second-order valence-corrected chi connectivity index (χ2v) is 7.07. The Balaban J connectivity index is 1.94. The zero-order valence-corrected chi connectivity index (χ0v) is 17.1. The van der Waals surface area contributed by atoms with Gasteiger partial charge < -0.3 is 15.4 Å². The van der Waals surface area contributed by atoms with Crippen LogP contribution in [0.5, 0.6) is 0 Å². The van der Waals surface area contributed by atoms with Gasteiger partial charge >= 0.3 is 5.97 Å². The fraction of sp³-hybridized carbons (Fsp3) is 0.211. The highest BCUT2D eigenvalue weighted by Gasteiger charge is 2.19. The fourth-order valence-corrected chi connectivity index (χ4v) is 2.97. The van der Waals surface area contributed by atoms with Crippen LogP contribution in [-0.4, -0.2) is 24.4 Å². The maximum Gasteiger partial charge on any atom is 0.308 e. The molecule has 28 heavy (non-hydrogen) atoms. The first kappa shape index (κ1) is 22.0. The standard InChI is InChI=1S/C19H17Cl3N2O4/c1-11(25)23-16(12-5-7-13(20)8-6-12)9-18(27)28-10-17(26)24-19-14(21)3-2-4-15(19)22/h2-8,16H,9-10H2,1H3,(H,23,25)(H,24,26). The Morgan fingerprint density at radius 3 is 2.18 bits per heavy atom. The molecule has 148 valence electrons. The van der Waals surface area contributed by atoms with Crippen molar-refractivity contribution in [3.63, 3.8) is 0 Å². The van der Waals surface area contributed by atoms with E-state index in [0.717, 1.165) is 0 Å². The smallest absolute Gasteiger partial charge is 0.308 e. The van der Waals surface area contributed by atoms with E-state index >= 15 is 0 Å². The molecule has 1 unspecified atom stereocenters. The van der Waals surface area contributed by atoms with Crippen LogP contribution in [0.3, 0.4) is 0 Å². The molecule has 6 nitrogen and oxygen atoms in total. The lowest BCUT2D eigenvalue weighted by Crippen LogP contribution is -2.29. The minimum Gasteiger partial charge on any atom is -0.455 e. The van der Waals surface area contributed by atoms with Gasteiger partial charge in [-0.3, -0.25) is 14.4 Å². The number of hydrogen-bond acceptors (Lipinski definition) is 4. The molecule has 2 amide bonds. The SMILES string of the molecule is CC(=O)NC(CC(=O)OCC(=O)Nc1c(Cl)cccc1Cl)c1ccc(Cl)cc1. The molecule has 0 saturated heterocycles. The molecule has 0 bridgehead atoms. The van der Waals surface area contributed by atoms with Crippen molar-refractivity contribution in [2.75, 3.05) is 11.9 Å². The average molecular weight is 444 g/mol. The van der Waals surface area contributed by atoms with Gasteiger partial charge in [-0.05, 0) is 29.8 Å². The number of carbonyl (C=O) groups is 3. The van der Waals surface area contributed by atoms with Crippen molar-refractivity contribution in [2.45, 2.75) is 19.4 Å². The Bertz CT molecular complexity index is 852. The van der Waals surface area contributed by atoms with Crippen molar-refractivity contribution in [3.05, 3.63) is 63.1 Å². The average Bonchev–Trinajstić information content (AvgIpc) is 2.63. The molecule has 1 atom stereocenters. The number of amides is 2. The van der Waals surface area contributed by atoms with Crippen LogP contribution in [0.15, 0.2) is 42.5 Å². The third kappa shape index (κ3) is 6.71. The predicted molar refractivity (Wildman–Crippen MR) is 109 cm³/mol. The van der Waals surface area contributed by atoms with Crippen LogP contribution in [0.4, 0.5) is 5.69 Å². The first-order valence-corrected chi connectivity index (χ1v) is 9.31. The Kier molecular flexibility index (Phi) is 8.11. The van der Waals surface area contributed by atoms with Gasteiger partial charge in [0.15, 0.2) is 6.61 Å². The summed E-state index contributed by atoms with van der Waals surface area (Å²) in [4.78, 5) is 35.6. The molecule has 0 aliphatic rings. The molecule has 2 N–H and O–H groups in total. The molecule has 0 aliphatic heterocycles. The summed E-state index contributed by atoms with van der Waals surface area (Å²) in [5, 5.41) is 6.22. The summed E-state index contributed by atoms with van der Waals surface area (Å²) >= 11 is 17.8. The van der Waals surface area contributed by atoms with Crippen molar-refractivity contribution < 1.29 is 19.1 Å². The number of rotatable bonds is 7. The predicted octanol–water partition coefficient (Wildman–Crippen LogP) is 4.40. The molecule has 0 heterocycles. The van der Waals surface area contributed by atoms with Crippen molar-refractivity contribution >= 4 is 58.3 Å². The molecule has 2 aromatic rings. The van der Waals surface area contributed by atoms with Gasteiger partial charge in [-0.25, -0.2) is 0 Å². The monoisotopic (exact) mass is 442 g/mol. The van der Waals surface area contributed by atoms with Gasteiger partial charge in [0.05, 0.1) is 28.2 Å². The fourth-order valence-electron chi connectivity index (χ4n) is 2.36. The van der Waals surface area contributed by atoms with E-state index in [1.54, 1.807) is 42.5 Å². The zero-order chi connectivity index (χ0) is 20.7. The van der Waals surface area contributed by atoms with E-state index in [0.29, 0.717) is 10.6 Å². The number of carbonyl (C=O) groups excluding carboxylic acids is 3. The number of benzene rings is 2. The number of hydrogen-bond donors (Lipinski definition) is 2. The number of para-hydroxylation sites is 1. The van der Waals surface area contributed by atoms with E-state index in [1.807, 2.05) is 0 Å². The van der Waals surface area contributed by atoms with Crippen LogP contribution in [-0.2, 0) is 19.1 Å². The second-order valence-electron chi connectivity index (χ2n) is 5.81. The number of ether oxygens (including phenoxy) is 1. The van der Waals surface area contributed by atoms with Crippen LogP contribution < -0.4 is 10.6 Å². The number of esters is 1. The van der Waals surface area contributed by atoms with Crippen molar-refractivity contribution in [1.29, 1.82) is 0 Å².